The van der Waals surface area contributed by atoms with Gasteiger partial charge >= 0.3 is 0 Å². The quantitative estimate of drug-likeness (QED) is 0.710. The largest absolute Gasteiger partial charge is 0.495 e. The molecule has 0 bridgehead atoms. The van der Waals surface area contributed by atoms with Crippen LogP contribution < -0.4 is 4.74 Å². The minimum absolute atomic E-state index is 0.158. The number of ether oxygens (including phenoxy) is 1. The topological polar surface area (TPSA) is 37.7 Å². The maximum absolute atomic E-state index is 13.7. The summed E-state index contributed by atoms with van der Waals surface area (Å²) in [5.74, 6) is 1.71. The maximum atomic E-state index is 13.7. The molecule has 2 fully saturated rings. The standard InChI is InChI=1S/C25H37N3O2/c1-5-26-14-19(3)28(15-18(26)2)25(29)22-17-27(16-20-10-7-6-8-11-20)24-21(22)12-9-13-23(24)30-4/h9,12-13,17-20H,5-8,10-11,14-16H2,1-4H3/t18-,19+/m0/s1. The van der Waals surface area contributed by atoms with Crippen LogP contribution in [-0.2, 0) is 6.54 Å². The van der Waals surface area contributed by atoms with Crippen LogP contribution >= 0.6 is 0 Å². The van der Waals surface area contributed by atoms with Gasteiger partial charge < -0.3 is 14.2 Å². The second-order valence-corrected chi connectivity index (χ2v) is 9.30. The van der Waals surface area contributed by atoms with Gasteiger partial charge in [-0.15, -0.1) is 0 Å². The number of hydrogen-bond donors (Lipinski definition) is 0. The minimum atomic E-state index is 0.158. The summed E-state index contributed by atoms with van der Waals surface area (Å²) in [6.07, 6.45) is 8.68. The van der Waals surface area contributed by atoms with Gasteiger partial charge in [0.25, 0.3) is 5.91 Å². The molecule has 2 atom stereocenters. The van der Waals surface area contributed by atoms with Crippen LogP contribution in [0.4, 0.5) is 0 Å². The predicted molar refractivity (Wildman–Crippen MR) is 122 cm³/mol. The molecule has 2 heterocycles. The maximum Gasteiger partial charge on any atom is 0.256 e. The highest BCUT2D eigenvalue weighted by molar-refractivity contribution is 6.08. The highest BCUT2D eigenvalue weighted by atomic mass is 16.5. The lowest BCUT2D eigenvalue weighted by Gasteiger charge is -2.43. The third-order valence-electron chi connectivity index (χ3n) is 7.27. The van der Waals surface area contributed by atoms with Crippen molar-refractivity contribution in [3.8, 4) is 5.75 Å². The normalized spacial score (nSPS) is 23.8. The molecule has 1 amide bonds. The number of carbonyl (C=O) groups is 1. The Labute approximate surface area is 181 Å². The minimum Gasteiger partial charge on any atom is -0.495 e. The van der Waals surface area contributed by atoms with Crippen molar-refractivity contribution in [2.45, 2.75) is 71.5 Å². The molecule has 0 radical (unpaired) electrons. The lowest BCUT2D eigenvalue weighted by molar-refractivity contribution is 0.0336. The van der Waals surface area contributed by atoms with E-state index >= 15 is 0 Å². The zero-order valence-electron chi connectivity index (χ0n) is 19.1. The Balaban J connectivity index is 1.69. The van der Waals surface area contributed by atoms with Crippen molar-refractivity contribution in [3.05, 3.63) is 30.0 Å². The Hall–Kier alpha value is -2.01. The summed E-state index contributed by atoms with van der Waals surface area (Å²) in [6.45, 7) is 10.3. The molecule has 0 N–H and O–H groups in total. The van der Waals surface area contributed by atoms with E-state index < -0.39 is 0 Å². The smallest absolute Gasteiger partial charge is 0.256 e. The average Bonchev–Trinajstić information content (AvgIpc) is 3.13. The van der Waals surface area contributed by atoms with Crippen molar-refractivity contribution in [1.29, 1.82) is 0 Å². The number of rotatable bonds is 5. The Morgan fingerprint density at radius 1 is 1.10 bits per heavy atom. The summed E-state index contributed by atoms with van der Waals surface area (Å²) >= 11 is 0. The van der Waals surface area contributed by atoms with Crippen LogP contribution in [0.1, 0.15) is 63.2 Å². The van der Waals surface area contributed by atoms with Gasteiger partial charge in [-0.2, -0.15) is 0 Å². The van der Waals surface area contributed by atoms with Gasteiger partial charge in [0.05, 0.1) is 18.2 Å². The third kappa shape index (κ3) is 3.96. The van der Waals surface area contributed by atoms with E-state index in [1.807, 2.05) is 12.1 Å². The fourth-order valence-electron chi connectivity index (χ4n) is 5.53. The average molecular weight is 412 g/mol. The number of piperazine rings is 1. The summed E-state index contributed by atoms with van der Waals surface area (Å²) in [4.78, 5) is 18.3. The summed E-state index contributed by atoms with van der Waals surface area (Å²) in [5, 5.41) is 1.02. The molecule has 0 spiro atoms. The highest BCUT2D eigenvalue weighted by Crippen LogP contribution is 2.34. The molecule has 4 rings (SSSR count). The van der Waals surface area contributed by atoms with Crippen molar-refractivity contribution in [3.63, 3.8) is 0 Å². The number of methoxy groups -OCH3 is 1. The Kier molecular flexibility index (Phi) is 6.37. The van der Waals surface area contributed by atoms with Gasteiger partial charge in [0.15, 0.2) is 0 Å². The van der Waals surface area contributed by atoms with Crippen molar-refractivity contribution in [2.24, 2.45) is 5.92 Å². The Bertz CT molecular complexity index is 884. The molecule has 1 aliphatic carbocycles. The molecule has 1 aromatic carbocycles. The van der Waals surface area contributed by atoms with Crippen molar-refractivity contribution in [1.82, 2.24) is 14.4 Å². The Morgan fingerprint density at radius 2 is 1.87 bits per heavy atom. The molecule has 5 nitrogen and oxygen atoms in total. The first-order chi connectivity index (χ1) is 14.5. The molecule has 164 valence electrons. The molecule has 30 heavy (non-hydrogen) atoms. The number of nitrogens with zero attached hydrogens (tertiary/aromatic N) is 3. The number of hydrogen-bond acceptors (Lipinski definition) is 3. The summed E-state index contributed by atoms with van der Waals surface area (Å²) < 4.78 is 8.01. The van der Waals surface area contributed by atoms with E-state index in [1.54, 1.807) is 7.11 Å². The SMILES string of the molecule is CCN1C[C@@H](C)N(C(=O)c2cn(CC3CCCCC3)c3c(OC)cccc23)C[C@@H]1C. The Morgan fingerprint density at radius 3 is 2.57 bits per heavy atom. The molecule has 2 aromatic rings. The van der Waals surface area contributed by atoms with E-state index in [0.717, 1.165) is 48.4 Å². The van der Waals surface area contributed by atoms with E-state index in [2.05, 4.69) is 47.4 Å². The zero-order chi connectivity index (χ0) is 21.3. The van der Waals surface area contributed by atoms with Gasteiger partial charge in [-0.1, -0.05) is 38.3 Å². The number of carbonyl (C=O) groups excluding carboxylic acids is 1. The number of fused-ring (bicyclic) bond motifs is 1. The van der Waals surface area contributed by atoms with Gasteiger partial charge in [0.2, 0.25) is 0 Å². The molecule has 2 aliphatic rings. The molecule has 5 heteroatoms. The van der Waals surface area contributed by atoms with Gasteiger partial charge in [-0.05, 0) is 45.2 Å². The van der Waals surface area contributed by atoms with E-state index in [9.17, 15) is 4.79 Å². The lowest BCUT2D eigenvalue weighted by Crippen LogP contribution is -2.57. The number of amides is 1. The van der Waals surface area contributed by atoms with Crippen LogP contribution in [0, 0.1) is 5.92 Å². The number of aromatic nitrogens is 1. The van der Waals surface area contributed by atoms with E-state index in [-0.39, 0.29) is 11.9 Å². The van der Waals surface area contributed by atoms with Crippen LogP contribution in [0.2, 0.25) is 0 Å². The van der Waals surface area contributed by atoms with Crippen LogP contribution in [0.5, 0.6) is 5.75 Å². The molecule has 1 saturated carbocycles. The van der Waals surface area contributed by atoms with Gasteiger partial charge in [0, 0.05) is 43.3 Å². The number of benzene rings is 1. The predicted octanol–water partition coefficient (Wildman–Crippen LogP) is 4.78. The van der Waals surface area contributed by atoms with Crippen LogP contribution in [-0.4, -0.2) is 59.1 Å². The van der Waals surface area contributed by atoms with Crippen molar-refractivity contribution < 1.29 is 9.53 Å². The molecular weight excluding hydrogens is 374 g/mol. The summed E-state index contributed by atoms with van der Waals surface area (Å²) in [5.41, 5.74) is 1.89. The van der Waals surface area contributed by atoms with E-state index in [1.165, 1.54) is 32.1 Å². The van der Waals surface area contributed by atoms with Crippen LogP contribution in [0.15, 0.2) is 24.4 Å². The summed E-state index contributed by atoms with van der Waals surface area (Å²) in [7, 11) is 1.72. The molecule has 1 aliphatic heterocycles. The molecular formula is C25H37N3O2. The highest BCUT2D eigenvalue weighted by Gasteiger charge is 2.33. The van der Waals surface area contributed by atoms with Crippen LogP contribution in [0.3, 0.4) is 0 Å². The molecule has 1 aromatic heterocycles. The van der Waals surface area contributed by atoms with Crippen LogP contribution in [0.25, 0.3) is 10.9 Å². The van der Waals surface area contributed by atoms with Crippen molar-refractivity contribution in [2.75, 3.05) is 26.7 Å². The first-order valence-corrected chi connectivity index (χ1v) is 11.7. The van der Waals surface area contributed by atoms with E-state index in [0.29, 0.717) is 12.0 Å². The zero-order valence-corrected chi connectivity index (χ0v) is 19.1. The third-order valence-corrected chi connectivity index (χ3v) is 7.27. The summed E-state index contributed by atoms with van der Waals surface area (Å²) in [6, 6.07) is 6.71. The number of para-hydroxylation sites is 1. The molecule has 0 unspecified atom stereocenters. The first kappa shape index (κ1) is 21.2. The fourth-order valence-corrected chi connectivity index (χ4v) is 5.53. The second kappa shape index (κ2) is 9.01. The fraction of sp³-hybridized carbons (Fsp3) is 0.640. The van der Waals surface area contributed by atoms with Crippen molar-refractivity contribution >= 4 is 16.8 Å². The molecule has 1 saturated heterocycles. The van der Waals surface area contributed by atoms with Gasteiger partial charge in [-0.3, -0.25) is 9.69 Å². The lowest BCUT2D eigenvalue weighted by atomic mass is 9.89. The van der Waals surface area contributed by atoms with E-state index in [4.69, 9.17) is 4.74 Å². The first-order valence-electron chi connectivity index (χ1n) is 11.7. The number of likely N-dealkylation sites (N-methyl/N-ethyl adjacent to an activating group) is 1. The van der Waals surface area contributed by atoms with Gasteiger partial charge in [-0.25, -0.2) is 0 Å². The monoisotopic (exact) mass is 411 g/mol. The van der Waals surface area contributed by atoms with Gasteiger partial charge in [0.1, 0.15) is 5.75 Å². The second-order valence-electron chi connectivity index (χ2n) is 9.30.